The summed E-state index contributed by atoms with van der Waals surface area (Å²) in [7, 11) is -3.86. The summed E-state index contributed by atoms with van der Waals surface area (Å²) in [6.07, 6.45) is 3.20. The monoisotopic (exact) mass is 479 g/mol. The molecule has 0 spiro atoms. The van der Waals surface area contributed by atoms with Crippen molar-refractivity contribution in [2.24, 2.45) is 11.8 Å². The lowest BCUT2D eigenvalue weighted by molar-refractivity contribution is -0.146. The van der Waals surface area contributed by atoms with Crippen LogP contribution in [0.1, 0.15) is 39.0 Å². The molecule has 4 fully saturated rings. The Hall–Kier alpha value is -1.97. The molecule has 3 heterocycles. The Kier molecular flexibility index (Phi) is 5.34. The molecular weight excluding hydrogens is 454 g/mol. The quantitative estimate of drug-likeness (QED) is 0.614. The van der Waals surface area contributed by atoms with Gasteiger partial charge in [0.15, 0.2) is 0 Å². The van der Waals surface area contributed by atoms with Crippen LogP contribution in [-0.4, -0.2) is 71.5 Å². The van der Waals surface area contributed by atoms with Gasteiger partial charge in [-0.1, -0.05) is 18.5 Å². The first kappa shape index (κ1) is 21.9. The molecule has 3 amide bonds. The zero-order chi connectivity index (χ0) is 22.8. The molecule has 1 saturated carbocycles. The Bertz CT molecular complexity index is 1070. The Morgan fingerprint density at radius 2 is 1.69 bits per heavy atom. The maximum Gasteiger partial charge on any atom is 0.243 e. The molecule has 3 aliphatic heterocycles. The van der Waals surface area contributed by atoms with E-state index in [1.165, 1.54) is 33.5 Å². The second-order valence-corrected chi connectivity index (χ2v) is 11.5. The number of imide groups is 1. The Balaban J connectivity index is 1.38. The highest BCUT2D eigenvalue weighted by molar-refractivity contribution is 7.89. The minimum atomic E-state index is -3.86. The van der Waals surface area contributed by atoms with Gasteiger partial charge < -0.3 is 4.90 Å². The largest absolute Gasteiger partial charge is 0.335 e. The topological polar surface area (TPSA) is 95.1 Å². The number of fused-ring (bicyclic) bond motifs is 1. The normalized spacial score (nSPS) is 30.8. The predicted octanol–water partition coefficient (Wildman–Crippen LogP) is 1.88. The zero-order valence-electron chi connectivity index (χ0n) is 17.8. The highest BCUT2D eigenvalue weighted by Gasteiger charge is 2.57. The van der Waals surface area contributed by atoms with Gasteiger partial charge in [0.2, 0.25) is 27.7 Å². The van der Waals surface area contributed by atoms with Crippen molar-refractivity contribution in [1.82, 2.24) is 14.1 Å². The van der Waals surface area contributed by atoms with Crippen LogP contribution in [0, 0.1) is 11.8 Å². The van der Waals surface area contributed by atoms with Crippen molar-refractivity contribution in [3.63, 3.8) is 0 Å². The van der Waals surface area contributed by atoms with Crippen LogP contribution in [0.15, 0.2) is 29.2 Å². The van der Waals surface area contributed by atoms with E-state index in [-0.39, 0.29) is 41.1 Å². The van der Waals surface area contributed by atoms with Crippen molar-refractivity contribution in [3.8, 4) is 0 Å². The van der Waals surface area contributed by atoms with Crippen LogP contribution in [0.5, 0.6) is 0 Å². The number of benzene rings is 1. The smallest absolute Gasteiger partial charge is 0.243 e. The van der Waals surface area contributed by atoms with Gasteiger partial charge in [0.05, 0.1) is 22.9 Å². The Morgan fingerprint density at radius 1 is 1.00 bits per heavy atom. The van der Waals surface area contributed by atoms with Crippen LogP contribution in [0.4, 0.5) is 0 Å². The third-order valence-corrected chi connectivity index (χ3v) is 9.42. The van der Waals surface area contributed by atoms with E-state index < -0.39 is 28.0 Å². The molecule has 1 aromatic rings. The third kappa shape index (κ3) is 3.36. The van der Waals surface area contributed by atoms with Gasteiger partial charge in [0.1, 0.15) is 6.04 Å². The van der Waals surface area contributed by atoms with Gasteiger partial charge in [-0.15, -0.1) is 0 Å². The fraction of sp³-hybridized carbons (Fsp3) is 0.591. The van der Waals surface area contributed by atoms with Gasteiger partial charge in [0.25, 0.3) is 0 Å². The van der Waals surface area contributed by atoms with E-state index in [1.807, 2.05) is 0 Å². The van der Waals surface area contributed by atoms with Crippen molar-refractivity contribution in [2.45, 2.75) is 62.0 Å². The summed E-state index contributed by atoms with van der Waals surface area (Å²) in [5.41, 5.74) is 0. The lowest BCUT2D eigenvalue weighted by Gasteiger charge is -2.31. The van der Waals surface area contributed by atoms with Crippen LogP contribution in [0.25, 0.3) is 0 Å². The number of likely N-dealkylation sites (tertiary alicyclic amines) is 2. The summed E-state index contributed by atoms with van der Waals surface area (Å²) in [4.78, 5) is 42.3. The van der Waals surface area contributed by atoms with Crippen molar-refractivity contribution >= 4 is 39.3 Å². The van der Waals surface area contributed by atoms with E-state index in [9.17, 15) is 22.8 Å². The molecule has 10 heteroatoms. The number of rotatable bonds is 4. The fourth-order valence-electron chi connectivity index (χ4n) is 5.48. The maximum atomic E-state index is 13.6. The first-order valence-electron chi connectivity index (χ1n) is 11.2. The number of halogens is 1. The number of nitrogens with zero attached hydrogens (tertiary/aromatic N) is 3. The van der Waals surface area contributed by atoms with E-state index in [1.54, 1.807) is 11.8 Å². The molecule has 0 bridgehead atoms. The summed E-state index contributed by atoms with van der Waals surface area (Å²) < 4.78 is 27.8. The number of amides is 3. The molecule has 0 unspecified atom stereocenters. The number of hydrogen-bond donors (Lipinski definition) is 0. The maximum absolute atomic E-state index is 13.6. The molecule has 32 heavy (non-hydrogen) atoms. The molecule has 1 aliphatic carbocycles. The lowest BCUT2D eigenvalue weighted by atomic mass is 10.0. The fourth-order valence-corrected chi connectivity index (χ4v) is 7.25. The summed E-state index contributed by atoms with van der Waals surface area (Å²) >= 11 is 5.90. The molecule has 1 aromatic carbocycles. The minimum absolute atomic E-state index is 0.0653. The Morgan fingerprint density at radius 3 is 2.34 bits per heavy atom. The third-order valence-electron chi connectivity index (χ3n) is 7.25. The van der Waals surface area contributed by atoms with E-state index in [0.29, 0.717) is 30.8 Å². The molecule has 4 atom stereocenters. The van der Waals surface area contributed by atoms with Gasteiger partial charge in [0, 0.05) is 24.0 Å². The lowest BCUT2D eigenvalue weighted by Crippen LogP contribution is -2.51. The van der Waals surface area contributed by atoms with Gasteiger partial charge in [-0.2, -0.15) is 4.31 Å². The van der Waals surface area contributed by atoms with Crippen LogP contribution in [0.2, 0.25) is 5.02 Å². The SMILES string of the molecule is C[C@@H]1C(=O)N(C(=O)C2CC2)[C@H]2CCN(C(=O)[C@@H]3CCCN3S(=O)(=O)c3ccc(Cl)cc3)[C@H]12. The average Bonchev–Trinajstić information content (AvgIpc) is 3.24. The van der Waals surface area contributed by atoms with Gasteiger partial charge in [-0.25, -0.2) is 8.42 Å². The molecular formula is C22H26ClN3O5S. The van der Waals surface area contributed by atoms with E-state index in [4.69, 9.17) is 11.6 Å². The summed E-state index contributed by atoms with van der Waals surface area (Å²) in [5, 5.41) is 0.436. The number of hydrogen-bond acceptors (Lipinski definition) is 5. The van der Waals surface area contributed by atoms with Crippen LogP contribution in [-0.2, 0) is 24.4 Å². The van der Waals surface area contributed by atoms with E-state index >= 15 is 0 Å². The molecule has 8 nitrogen and oxygen atoms in total. The first-order chi connectivity index (χ1) is 15.2. The van der Waals surface area contributed by atoms with Crippen molar-refractivity contribution < 1.29 is 22.8 Å². The molecule has 5 rings (SSSR count). The molecule has 0 N–H and O–H groups in total. The van der Waals surface area contributed by atoms with Crippen molar-refractivity contribution in [3.05, 3.63) is 29.3 Å². The molecule has 4 aliphatic rings. The van der Waals surface area contributed by atoms with Gasteiger partial charge in [-0.05, 0) is 56.4 Å². The average molecular weight is 480 g/mol. The molecule has 0 aromatic heterocycles. The Labute approximate surface area is 192 Å². The second-order valence-electron chi connectivity index (χ2n) is 9.22. The summed E-state index contributed by atoms with van der Waals surface area (Å²) in [6.45, 7) is 2.46. The molecule has 3 saturated heterocycles. The van der Waals surface area contributed by atoms with Crippen LogP contribution >= 0.6 is 11.6 Å². The zero-order valence-corrected chi connectivity index (χ0v) is 19.4. The van der Waals surface area contributed by atoms with E-state index in [0.717, 1.165) is 12.8 Å². The summed E-state index contributed by atoms with van der Waals surface area (Å²) in [6, 6.07) is 4.43. The number of carbonyl (C=O) groups excluding carboxylic acids is 3. The minimum Gasteiger partial charge on any atom is -0.335 e. The molecule has 0 radical (unpaired) electrons. The predicted molar refractivity (Wildman–Crippen MR) is 116 cm³/mol. The van der Waals surface area contributed by atoms with Crippen LogP contribution < -0.4 is 0 Å². The first-order valence-corrected chi connectivity index (χ1v) is 13.0. The van der Waals surface area contributed by atoms with Crippen molar-refractivity contribution in [2.75, 3.05) is 13.1 Å². The second kappa shape index (κ2) is 7.81. The highest BCUT2D eigenvalue weighted by atomic mass is 35.5. The summed E-state index contributed by atoms with van der Waals surface area (Å²) in [5.74, 6) is -1.14. The van der Waals surface area contributed by atoms with Gasteiger partial charge >= 0.3 is 0 Å². The van der Waals surface area contributed by atoms with Gasteiger partial charge in [-0.3, -0.25) is 19.3 Å². The van der Waals surface area contributed by atoms with Crippen molar-refractivity contribution in [1.29, 1.82) is 0 Å². The number of carbonyl (C=O) groups is 3. The van der Waals surface area contributed by atoms with E-state index in [2.05, 4.69) is 0 Å². The molecule has 172 valence electrons. The number of sulfonamides is 1. The van der Waals surface area contributed by atoms with Crippen LogP contribution in [0.3, 0.4) is 0 Å². The standard InChI is InChI=1S/C22H26ClN3O5S/c1-13-19-17(26(20(13)27)21(28)14-4-5-14)10-12-24(19)22(29)18-3-2-11-25(18)32(30,31)16-8-6-15(23)7-9-16/h6-9,13-14,17-19H,2-5,10-12H2,1H3/t13-,17-,18-,19+/m0/s1. The highest BCUT2D eigenvalue weighted by Crippen LogP contribution is 2.41.